The van der Waals surface area contributed by atoms with E-state index in [-0.39, 0.29) is 24.8 Å². The molecule has 21 heavy (non-hydrogen) atoms. The molecule has 124 valence electrons. The Balaban J connectivity index is 2.76. The first-order chi connectivity index (χ1) is 9.90. The zero-order valence-electron chi connectivity index (χ0n) is 14.3. The van der Waals surface area contributed by atoms with Gasteiger partial charge in [-0.2, -0.15) is 0 Å². The van der Waals surface area contributed by atoms with Gasteiger partial charge in [-0.3, -0.25) is 0 Å². The van der Waals surface area contributed by atoms with Gasteiger partial charge in [0, 0.05) is 18.1 Å². The molecular formula is C14H31BNO4P. The van der Waals surface area contributed by atoms with Crippen molar-refractivity contribution in [2.45, 2.75) is 77.8 Å². The molecule has 0 aromatic heterocycles. The highest BCUT2D eigenvalue weighted by Gasteiger charge is 2.37. The molecule has 1 aliphatic heterocycles. The summed E-state index contributed by atoms with van der Waals surface area (Å²) in [5.41, 5.74) is 0. The van der Waals surface area contributed by atoms with Gasteiger partial charge in [0.15, 0.2) is 0 Å². The number of hydrogen-bond donors (Lipinski definition) is 1. The molecule has 7 heteroatoms. The van der Waals surface area contributed by atoms with Crippen LogP contribution in [0.25, 0.3) is 0 Å². The summed E-state index contributed by atoms with van der Waals surface area (Å²) < 4.78 is 20.3. The van der Waals surface area contributed by atoms with Gasteiger partial charge in [-0.15, -0.1) is 0 Å². The van der Waals surface area contributed by atoms with Crippen molar-refractivity contribution in [2.24, 2.45) is 0 Å². The minimum Gasteiger partial charge on any atom is -0.394 e. The Morgan fingerprint density at radius 3 is 2.43 bits per heavy atom. The lowest BCUT2D eigenvalue weighted by atomic mass is 9.96. The highest BCUT2D eigenvalue weighted by atomic mass is 31.2. The van der Waals surface area contributed by atoms with Crippen LogP contribution in [0.3, 0.4) is 0 Å². The fraction of sp³-hybridized carbons (Fsp3) is 1.00. The van der Waals surface area contributed by atoms with Crippen molar-refractivity contribution >= 4 is 16.4 Å². The molecule has 0 bridgehead atoms. The smallest absolute Gasteiger partial charge is 0.259 e. The Morgan fingerprint density at radius 2 is 1.95 bits per heavy atom. The SMILES string of the molecule is B[C@H]1CC(OP(OCCO)N(C(C)C)C(C)C)[C@@H](CC)O1. The lowest BCUT2D eigenvalue weighted by Crippen LogP contribution is -2.36. The molecule has 0 spiro atoms. The van der Waals surface area contributed by atoms with Gasteiger partial charge in [0.1, 0.15) is 7.85 Å². The van der Waals surface area contributed by atoms with Gasteiger partial charge >= 0.3 is 0 Å². The number of nitrogens with zero attached hydrogens (tertiary/aromatic N) is 1. The quantitative estimate of drug-likeness (QED) is 0.519. The molecule has 4 atom stereocenters. The molecule has 1 saturated heterocycles. The molecule has 1 fully saturated rings. The van der Waals surface area contributed by atoms with Crippen LogP contribution in [0.1, 0.15) is 47.5 Å². The number of aliphatic hydroxyl groups excluding tert-OH is 1. The lowest BCUT2D eigenvalue weighted by molar-refractivity contribution is 0.0302. The molecule has 0 aromatic rings. The van der Waals surface area contributed by atoms with Crippen molar-refractivity contribution in [3.8, 4) is 0 Å². The Hall–Kier alpha value is 0.295. The molecule has 1 N–H and O–H groups in total. The molecule has 0 saturated carbocycles. The Kier molecular flexibility index (Phi) is 8.69. The molecule has 2 unspecified atom stereocenters. The monoisotopic (exact) mass is 319 g/mol. The van der Waals surface area contributed by atoms with Crippen molar-refractivity contribution < 1.29 is 18.9 Å². The van der Waals surface area contributed by atoms with E-state index in [0.717, 1.165) is 12.8 Å². The maximum absolute atomic E-state index is 9.06. The Labute approximate surface area is 131 Å². The molecule has 1 heterocycles. The zero-order valence-corrected chi connectivity index (χ0v) is 15.2. The van der Waals surface area contributed by atoms with Gasteiger partial charge in [-0.1, -0.05) is 6.92 Å². The predicted molar refractivity (Wildman–Crippen MR) is 89.1 cm³/mol. The summed E-state index contributed by atoms with van der Waals surface area (Å²) >= 11 is 0. The van der Waals surface area contributed by atoms with E-state index in [1.54, 1.807) is 0 Å². The standard InChI is InChI=1S/C14H31BNO4P/c1-6-12-13(9-14(15)19-12)20-21(18-8-7-17)16(10(2)3)11(4)5/h10-14,17H,6-9,15H2,1-5H3/t12-,13?,14-,21?/m1/s1. The molecule has 0 aliphatic carbocycles. The first-order valence-corrected chi connectivity index (χ1v) is 9.18. The van der Waals surface area contributed by atoms with Crippen LogP contribution < -0.4 is 0 Å². The molecule has 1 rings (SSSR count). The van der Waals surface area contributed by atoms with Crippen LogP contribution in [-0.2, 0) is 13.8 Å². The molecular weight excluding hydrogens is 288 g/mol. The number of aliphatic hydroxyl groups is 1. The van der Waals surface area contributed by atoms with Crippen molar-refractivity contribution in [2.75, 3.05) is 13.2 Å². The van der Waals surface area contributed by atoms with Crippen LogP contribution in [0.2, 0.25) is 0 Å². The first-order valence-electron chi connectivity index (χ1n) is 8.05. The fourth-order valence-electron chi connectivity index (χ4n) is 2.75. The van der Waals surface area contributed by atoms with Crippen LogP contribution in [0.15, 0.2) is 0 Å². The van der Waals surface area contributed by atoms with Crippen molar-refractivity contribution in [1.29, 1.82) is 0 Å². The summed E-state index contributed by atoms with van der Waals surface area (Å²) in [6, 6.07) is 0.894. The Bertz CT molecular complexity index is 288. The number of rotatable bonds is 9. The largest absolute Gasteiger partial charge is 0.394 e. The predicted octanol–water partition coefficient (Wildman–Crippen LogP) is 1.88. The fourth-order valence-corrected chi connectivity index (χ4v) is 4.50. The van der Waals surface area contributed by atoms with Crippen LogP contribution in [0.4, 0.5) is 0 Å². The van der Waals surface area contributed by atoms with Crippen LogP contribution in [-0.4, -0.2) is 61.1 Å². The molecule has 1 aliphatic rings. The van der Waals surface area contributed by atoms with Gasteiger partial charge in [-0.25, -0.2) is 4.67 Å². The van der Waals surface area contributed by atoms with Gasteiger partial charge < -0.3 is 18.9 Å². The Morgan fingerprint density at radius 1 is 1.33 bits per heavy atom. The van der Waals surface area contributed by atoms with Gasteiger partial charge in [-0.05, 0) is 40.5 Å². The van der Waals surface area contributed by atoms with E-state index < -0.39 is 8.53 Å². The van der Waals surface area contributed by atoms with E-state index in [1.807, 2.05) is 0 Å². The normalized spacial score (nSPS) is 28.0. The van der Waals surface area contributed by atoms with Crippen molar-refractivity contribution in [3.05, 3.63) is 0 Å². The van der Waals surface area contributed by atoms with E-state index in [1.165, 1.54) is 0 Å². The highest BCUT2D eigenvalue weighted by molar-refractivity contribution is 7.44. The summed E-state index contributed by atoms with van der Waals surface area (Å²) in [4.78, 5) is 0. The van der Waals surface area contributed by atoms with Gasteiger partial charge in [0.2, 0.25) is 0 Å². The third-order valence-electron chi connectivity index (χ3n) is 3.55. The average Bonchev–Trinajstić information content (AvgIpc) is 2.75. The van der Waals surface area contributed by atoms with E-state index in [9.17, 15) is 0 Å². The van der Waals surface area contributed by atoms with Crippen molar-refractivity contribution in [1.82, 2.24) is 4.67 Å². The van der Waals surface area contributed by atoms with Crippen molar-refractivity contribution in [3.63, 3.8) is 0 Å². The third-order valence-corrected chi connectivity index (χ3v) is 5.71. The average molecular weight is 319 g/mol. The minimum atomic E-state index is -1.18. The maximum Gasteiger partial charge on any atom is 0.259 e. The first kappa shape index (κ1) is 19.3. The number of hydrogen-bond acceptors (Lipinski definition) is 5. The maximum atomic E-state index is 9.06. The minimum absolute atomic E-state index is 0.0149. The summed E-state index contributed by atoms with van der Waals surface area (Å²) in [5, 5.41) is 9.06. The van der Waals surface area contributed by atoms with Gasteiger partial charge in [0.25, 0.3) is 8.53 Å². The van der Waals surface area contributed by atoms with Crippen LogP contribution >= 0.6 is 8.53 Å². The summed E-state index contributed by atoms with van der Waals surface area (Å²) in [5.74, 6) is 0. The summed E-state index contributed by atoms with van der Waals surface area (Å²) in [6.45, 7) is 11.0. The molecule has 0 amide bonds. The summed E-state index contributed by atoms with van der Waals surface area (Å²) in [6.07, 6.45) is 2.07. The zero-order chi connectivity index (χ0) is 16.0. The second-order valence-electron chi connectivity index (χ2n) is 6.14. The third kappa shape index (κ3) is 5.78. The van der Waals surface area contributed by atoms with E-state index in [4.69, 9.17) is 18.9 Å². The topological polar surface area (TPSA) is 51.2 Å². The second kappa shape index (κ2) is 9.44. The molecule has 5 nitrogen and oxygen atoms in total. The van der Waals surface area contributed by atoms with Crippen LogP contribution in [0, 0.1) is 0 Å². The number of ether oxygens (including phenoxy) is 1. The highest BCUT2D eigenvalue weighted by Crippen LogP contribution is 2.48. The van der Waals surface area contributed by atoms with Crippen LogP contribution in [0.5, 0.6) is 0 Å². The van der Waals surface area contributed by atoms with E-state index >= 15 is 0 Å². The van der Waals surface area contributed by atoms with E-state index in [0.29, 0.717) is 18.7 Å². The molecule has 0 aromatic carbocycles. The molecule has 0 radical (unpaired) electrons. The van der Waals surface area contributed by atoms with E-state index in [2.05, 4.69) is 47.1 Å². The lowest BCUT2D eigenvalue weighted by Gasteiger charge is -2.37. The second-order valence-corrected chi connectivity index (χ2v) is 7.54. The summed E-state index contributed by atoms with van der Waals surface area (Å²) in [7, 11) is 0.911. The van der Waals surface area contributed by atoms with Gasteiger partial charge in [0.05, 0.1) is 25.4 Å².